The highest BCUT2D eigenvalue weighted by atomic mass is 16.7. The van der Waals surface area contributed by atoms with E-state index < -0.39 is 11.6 Å². The monoisotopic (exact) mass is 425 g/mol. The highest BCUT2D eigenvalue weighted by Gasteiger charge is 2.48. The lowest BCUT2D eigenvalue weighted by atomic mass is 10.0. The number of urea groups is 1. The molecule has 1 N–H and O–H groups in total. The first-order valence-corrected chi connectivity index (χ1v) is 11.0. The summed E-state index contributed by atoms with van der Waals surface area (Å²) in [6.07, 6.45) is 2.93. The van der Waals surface area contributed by atoms with E-state index in [2.05, 4.69) is 12.3 Å². The summed E-state index contributed by atoms with van der Waals surface area (Å²) in [5, 5.41) is 3.27. The van der Waals surface area contributed by atoms with E-state index in [1.165, 1.54) is 5.06 Å². The van der Waals surface area contributed by atoms with Crippen molar-refractivity contribution in [2.45, 2.75) is 71.1 Å². The summed E-state index contributed by atoms with van der Waals surface area (Å²) in [5.74, 6) is -0.178. The van der Waals surface area contributed by atoms with Gasteiger partial charge >= 0.3 is 12.1 Å². The summed E-state index contributed by atoms with van der Waals surface area (Å²) in [6.45, 7) is 10.6. The van der Waals surface area contributed by atoms with Crippen molar-refractivity contribution >= 4 is 18.0 Å². The van der Waals surface area contributed by atoms with Crippen LogP contribution in [0.3, 0.4) is 0 Å². The van der Waals surface area contributed by atoms with E-state index in [-0.39, 0.29) is 24.1 Å². The number of amides is 4. The lowest BCUT2D eigenvalue weighted by Gasteiger charge is -2.37. The first-order chi connectivity index (χ1) is 14.2. The molecule has 170 valence electrons. The number of hydrazine groups is 1. The fourth-order valence-electron chi connectivity index (χ4n) is 3.94. The molecule has 2 bridgehead atoms. The Morgan fingerprint density at radius 2 is 1.83 bits per heavy atom. The number of hydrogen-bond donors (Lipinski definition) is 1. The lowest BCUT2D eigenvalue weighted by Crippen LogP contribution is -2.59. The van der Waals surface area contributed by atoms with E-state index in [1.54, 1.807) is 9.80 Å². The normalized spacial score (nSPS) is 24.9. The van der Waals surface area contributed by atoms with Gasteiger partial charge in [0.1, 0.15) is 11.6 Å². The van der Waals surface area contributed by atoms with Gasteiger partial charge in [-0.25, -0.2) is 14.6 Å². The molecule has 4 amide bonds. The predicted molar refractivity (Wildman–Crippen MR) is 109 cm³/mol. The molecule has 30 heavy (non-hydrogen) atoms. The Kier molecular flexibility index (Phi) is 7.07. The maximum atomic E-state index is 12.9. The molecule has 3 aliphatic rings. The number of carbonyl (C=O) groups excluding carboxylic acids is 3. The van der Waals surface area contributed by atoms with Crippen LogP contribution < -0.4 is 5.43 Å². The van der Waals surface area contributed by atoms with Crippen LogP contribution in [0, 0.1) is 0 Å². The number of rotatable bonds is 6. The fourth-order valence-corrected chi connectivity index (χ4v) is 3.94. The third-order valence-corrected chi connectivity index (χ3v) is 5.55. The second kappa shape index (κ2) is 9.38. The van der Waals surface area contributed by atoms with Crippen LogP contribution in [0.25, 0.3) is 0 Å². The Labute approximate surface area is 178 Å². The lowest BCUT2D eigenvalue weighted by molar-refractivity contribution is -0.132. The minimum Gasteiger partial charge on any atom is -0.444 e. The number of nitrogens with one attached hydrogen (secondary N) is 1. The fraction of sp³-hybridized carbons (Fsp3) is 0.850. The number of ether oxygens (including phenoxy) is 1. The van der Waals surface area contributed by atoms with Crippen LogP contribution in [0.4, 0.5) is 9.59 Å². The highest BCUT2D eigenvalue weighted by molar-refractivity contribution is 5.88. The van der Waals surface area contributed by atoms with Gasteiger partial charge in [-0.2, -0.15) is 5.06 Å². The summed E-state index contributed by atoms with van der Waals surface area (Å²) in [5.41, 5.74) is 2.40. The minimum atomic E-state index is -0.530. The summed E-state index contributed by atoms with van der Waals surface area (Å²) < 4.78 is 5.40. The molecule has 0 spiro atoms. The molecule has 0 saturated carbocycles. The minimum absolute atomic E-state index is 0.0239. The maximum Gasteiger partial charge on any atom is 0.410 e. The summed E-state index contributed by atoms with van der Waals surface area (Å²) in [4.78, 5) is 46.7. The summed E-state index contributed by atoms with van der Waals surface area (Å²) >= 11 is 0. The average Bonchev–Trinajstić information content (AvgIpc) is 2.92. The van der Waals surface area contributed by atoms with Crippen LogP contribution in [0.1, 0.15) is 53.4 Å². The van der Waals surface area contributed by atoms with Crippen molar-refractivity contribution < 1.29 is 24.0 Å². The molecule has 3 saturated heterocycles. The number of nitrogens with zero attached hydrogens (tertiary/aromatic N) is 4. The molecule has 0 radical (unpaired) electrons. The van der Waals surface area contributed by atoms with Crippen molar-refractivity contribution in [3.63, 3.8) is 0 Å². The molecular weight excluding hydrogens is 390 g/mol. The number of piperazine rings is 1. The standard InChI is InChI=1S/C20H35N5O5/c1-5-6-13-29-25-15-7-8-16(24(14-15)18(25)27)17(26)21-23-11-9-22(10-12-23)19(28)30-20(2,3)4/h15-16H,5-14H2,1-4H3,(H,21,26)/t15-,16-/m0/s1. The van der Waals surface area contributed by atoms with Crippen molar-refractivity contribution in [3.8, 4) is 0 Å². The van der Waals surface area contributed by atoms with Gasteiger partial charge in [0.15, 0.2) is 0 Å². The Bertz CT molecular complexity index is 644. The second-order valence-electron chi connectivity index (χ2n) is 9.12. The molecule has 10 nitrogen and oxygen atoms in total. The van der Waals surface area contributed by atoms with Gasteiger partial charge < -0.3 is 14.5 Å². The Morgan fingerprint density at radius 1 is 1.13 bits per heavy atom. The molecule has 0 aromatic heterocycles. The quantitative estimate of drug-likeness (QED) is 0.649. The van der Waals surface area contributed by atoms with Crippen LogP contribution >= 0.6 is 0 Å². The Hall–Kier alpha value is -2.07. The number of hydrogen-bond acceptors (Lipinski definition) is 6. The van der Waals surface area contributed by atoms with Gasteiger partial charge in [-0.3, -0.25) is 15.1 Å². The number of hydroxylamine groups is 2. The zero-order valence-electron chi connectivity index (χ0n) is 18.6. The van der Waals surface area contributed by atoms with Crippen LogP contribution in [0.2, 0.25) is 0 Å². The molecule has 0 aliphatic carbocycles. The van der Waals surface area contributed by atoms with Gasteiger partial charge in [0.2, 0.25) is 0 Å². The van der Waals surface area contributed by atoms with Crippen molar-refractivity contribution in [2.75, 3.05) is 39.3 Å². The van der Waals surface area contributed by atoms with Crippen molar-refractivity contribution in [3.05, 3.63) is 0 Å². The topological polar surface area (TPSA) is 94.7 Å². The molecular formula is C20H35N5O5. The van der Waals surface area contributed by atoms with Gasteiger partial charge in [0, 0.05) is 32.7 Å². The van der Waals surface area contributed by atoms with E-state index in [4.69, 9.17) is 9.57 Å². The molecule has 0 aromatic rings. The zero-order chi connectivity index (χ0) is 21.9. The van der Waals surface area contributed by atoms with Gasteiger partial charge in [-0.15, -0.1) is 0 Å². The third kappa shape index (κ3) is 5.34. The molecule has 3 rings (SSSR count). The maximum absolute atomic E-state index is 12.9. The SMILES string of the molecule is CCCCON1C(=O)N2C[C@@H]1CC[C@H]2C(=O)NN1CCN(C(=O)OC(C)(C)C)CC1. The van der Waals surface area contributed by atoms with Crippen molar-refractivity contribution in [2.24, 2.45) is 0 Å². The first-order valence-electron chi connectivity index (χ1n) is 11.0. The van der Waals surface area contributed by atoms with Gasteiger partial charge in [0.25, 0.3) is 5.91 Å². The Balaban J connectivity index is 1.47. The molecule has 10 heteroatoms. The molecule has 2 atom stereocenters. The molecule has 3 aliphatic heterocycles. The van der Waals surface area contributed by atoms with Gasteiger partial charge in [-0.05, 0) is 40.0 Å². The molecule has 0 aromatic carbocycles. The van der Waals surface area contributed by atoms with E-state index in [0.717, 1.165) is 19.3 Å². The largest absolute Gasteiger partial charge is 0.444 e. The number of piperidine rings is 1. The molecule has 3 heterocycles. The smallest absolute Gasteiger partial charge is 0.410 e. The van der Waals surface area contributed by atoms with E-state index >= 15 is 0 Å². The van der Waals surface area contributed by atoms with E-state index in [0.29, 0.717) is 45.8 Å². The summed E-state index contributed by atoms with van der Waals surface area (Å²) in [7, 11) is 0. The van der Waals surface area contributed by atoms with Crippen molar-refractivity contribution in [1.29, 1.82) is 0 Å². The molecule has 0 unspecified atom stereocenters. The second-order valence-corrected chi connectivity index (χ2v) is 9.12. The predicted octanol–water partition coefficient (Wildman–Crippen LogP) is 1.57. The molecule has 3 fully saturated rings. The first kappa shape index (κ1) is 22.6. The third-order valence-electron chi connectivity index (χ3n) is 5.55. The zero-order valence-corrected chi connectivity index (χ0v) is 18.6. The van der Waals surface area contributed by atoms with Crippen LogP contribution in [-0.2, 0) is 14.4 Å². The highest BCUT2D eigenvalue weighted by Crippen LogP contribution is 2.30. The Morgan fingerprint density at radius 3 is 2.47 bits per heavy atom. The number of unbranched alkanes of at least 4 members (excludes halogenated alkanes) is 1. The van der Waals surface area contributed by atoms with Gasteiger partial charge in [0.05, 0.1) is 12.6 Å². The number of carbonyl (C=O) groups is 3. The van der Waals surface area contributed by atoms with Gasteiger partial charge in [-0.1, -0.05) is 13.3 Å². The van der Waals surface area contributed by atoms with Crippen LogP contribution in [0.5, 0.6) is 0 Å². The average molecular weight is 426 g/mol. The van der Waals surface area contributed by atoms with Crippen molar-refractivity contribution in [1.82, 2.24) is 25.3 Å². The summed E-state index contributed by atoms with van der Waals surface area (Å²) in [6, 6.07) is -0.684. The van der Waals surface area contributed by atoms with Crippen LogP contribution in [0.15, 0.2) is 0 Å². The van der Waals surface area contributed by atoms with E-state index in [1.807, 2.05) is 25.8 Å². The number of fused-ring (bicyclic) bond motifs is 2. The van der Waals surface area contributed by atoms with E-state index in [9.17, 15) is 14.4 Å². The van der Waals surface area contributed by atoms with Crippen LogP contribution in [-0.4, -0.2) is 94.9 Å².